The first-order chi connectivity index (χ1) is 18.1. The number of nitriles is 1. The molecule has 0 aromatic heterocycles. The van der Waals surface area contributed by atoms with Crippen LogP contribution in [-0.2, 0) is 15.1 Å². The average Bonchev–Trinajstić information content (AvgIpc) is 3.32. The van der Waals surface area contributed by atoms with E-state index in [2.05, 4.69) is 11.4 Å². The van der Waals surface area contributed by atoms with Crippen LogP contribution in [0.4, 0.5) is 4.79 Å². The van der Waals surface area contributed by atoms with Crippen molar-refractivity contribution < 1.29 is 24.2 Å². The number of aliphatic hydroxyl groups is 1. The van der Waals surface area contributed by atoms with Crippen LogP contribution >= 0.6 is 0 Å². The third-order valence-electron chi connectivity index (χ3n) is 7.60. The van der Waals surface area contributed by atoms with E-state index in [1.807, 2.05) is 42.5 Å². The largest absolute Gasteiger partial charge is 0.496 e. The van der Waals surface area contributed by atoms with Gasteiger partial charge < -0.3 is 24.8 Å². The minimum absolute atomic E-state index is 0.00101. The average molecular weight is 520 g/mol. The summed E-state index contributed by atoms with van der Waals surface area (Å²) >= 11 is 0. The second-order valence-electron chi connectivity index (χ2n) is 11.4. The molecule has 1 saturated carbocycles. The first-order valence-corrected chi connectivity index (χ1v) is 13.1. The van der Waals surface area contributed by atoms with Crippen LogP contribution in [0.3, 0.4) is 0 Å². The highest BCUT2D eigenvalue weighted by molar-refractivity contribution is 5.87. The lowest BCUT2D eigenvalue weighted by Gasteiger charge is -2.45. The summed E-state index contributed by atoms with van der Waals surface area (Å²) in [6.07, 6.45) is 0.828. The van der Waals surface area contributed by atoms with Crippen molar-refractivity contribution in [2.24, 2.45) is 17.8 Å². The molecule has 2 aliphatic rings. The van der Waals surface area contributed by atoms with E-state index in [-0.39, 0.29) is 23.7 Å². The summed E-state index contributed by atoms with van der Waals surface area (Å²) in [5, 5.41) is 24.4. The van der Waals surface area contributed by atoms with E-state index in [9.17, 15) is 20.0 Å². The summed E-state index contributed by atoms with van der Waals surface area (Å²) in [7, 11) is 1.58. The highest BCUT2D eigenvalue weighted by Crippen LogP contribution is 2.53. The number of likely N-dealkylation sites (tertiary alicyclic amines) is 1. The van der Waals surface area contributed by atoms with Crippen LogP contribution < -0.4 is 10.1 Å². The number of ether oxygens (including phenoxy) is 2. The van der Waals surface area contributed by atoms with Crippen LogP contribution in [0.1, 0.15) is 57.2 Å². The maximum Gasteiger partial charge on any atom is 0.408 e. The number of nitrogens with zero attached hydrogens (tertiary/aromatic N) is 2. The normalized spacial score (nSPS) is 25.6. The van der Waals surface area contributed by atoms with Crippen molar-refractivity contribution in [1.29, 1.82) is 5.26 Å². The summed E-state index contributed by atoms with van der Waals surface area (Å²) in [4.78, 5) is 28.4. The molecule has 1 unspecified atom stereocenters. The minimum atomic E-state index is -1.26. The smallest absolute Gasteiger partial charge is 0.408 e. The van der Waals surface area contributed by atoms with E-state index in [4.69, 9.17) is 9.47 Å². The van der Waals surface area contributed by atoms with Gasteiger partial charge >= 0.3 is 6.09 Å². The zero-order valence-electron chi connectivity index (χ0n) is 22.5. The Kier molecular flexibility index (Phi) is 7.98. The molecule has 202 valence electrons. The predicted molar refractivity (Wildman–Crippen MR) is 142 cm³/mol. The zero-order valence-corrected chi connectivity index (χ0v) is 22.5. The van der Waals surface area contributed by atoms with E-state index in [0.717, 1.165) is 6.42 Å². The van der Waals surface area contributed by atoms with E-state index in [1.165, 1.54) is 0 Å². The molecule has 2 amide bonds. The summed E-state index contributed by atoms with van der Waals surface area (Å²) < 4.78 is 11.0. The molecule has 4 rings (SSSR count). The van der Waals surface area contributed by atoms with Crippen molar-refractivity contribution in [3.63, 3.8) is 0 Å². The number of carbonyl (C=O) groups excluding carboxylic acids is 2. The molecule has 8 heteroatoms. The number of amides is 2. The Morgan fingerprint density at radius 3 is 2.50 bits per heavy atom. The third kappa shape index (κ3) is 5.78. The lowest BCUT2D eigenvalue weighted by molar-refractivity contribution is -0.133. The number of carbonyl (C=O) groups is 2. The van der Waals surface area contributed by atoms with E-state index in [1.54, 1.807) is 44.9 Å². The van der Waals surface area contributed by atoms with Gasteiger partial charge in [0.05, 0.1) is 18.8 Å². The van der Waals surface area contributed by atoms with Gasteiger partial charge in [-0.25, -0.2) is 4.79 Å². The number of methoxy groups -OCH3 is 1. The number of alkyl carbamates (subject to hydrolysis) is 1. The zero-order chi connectivity index (χ0) is 27.5. The Balaban J connectivity index is 1.64. The fourth-order valence-electron chi connectivity index (χ4n) is 6.07. The Labute approximate surface area is 224 Å². The lowest BCUT2D eigenvalue weighted by Crippen LogP contribution is -2.46. The summed E-state index contributed by atoms with van der Waals surface area (Å²) in [6, 6.07) is 17.9. The molecule has 0 spiro atoms. The molecule has 2 aromatic carbocycles. The van der Waals surface area contributed by atoms with E-state index in [0.29, 0.717) is 42.8 Å². The lowest BCUT2D eigenvalue weighted by atomic mass is 9.63. The summed E-state index contributed by atoms with van der Waals surface area (Å²) in [6.45, 7) is 6.08. The quantitative estimate of drug-likeness (QED) is 0.579. The molecule has 1 aliphatic heterocycles. The number of nitrogens with one attached hydrogen (secondary N) is 1. The van der Waals surface area contributed by atoms with Gasteiger partial charge in [0.1, 0.15) is 17.4 Å². The Morgan fingerprint density at radius 2 is 1.84 bits per heavy atom. The molecule has 2 aromatic rings. The summed E-state index contributed by atoms with van der Waals surface area (Å²) in [5.74, 6) is 0.0890. The molecular formula is C30H37N3O5. The maximum absolute atomic E-state index is 14.0. The van der Waals surface area contributed by atoms with Crippen molar-refractivity contribution in [3.05, 3.63) is 65.7 Å². The molecule has 38 heavy (non-hydrogen) atoms. The van der Waals surface area contributed by atoms with Crippen LogP contribution in [0, 0.1) is 29.1 Å². The monoisotopic (exact) mass is 519 g/mol. The van der Waals surface area contributed by atoms with Gasteiger partial charge in [0.25, 0.3) is 0 Å². The number of fused-ring (bicyclic) bond motifs is 1. The summed E-state index contributed by atoms with van der Waals surface area (Å²) in [5.41, 5.74) is -0.633. The molecule has 2 fully saturated rings. The molecule has 1 aliphatic carbocycles. The molecule has 2 N–H and O–H groups in total. The first-order valence-electron chi connectivity index (χ1n) is 13.1. The second kappa shape index (κ2) is 11.0. The Bertz CT molecular complexity index is 1190. The van der Waals surface area contributed by atoms with E-state index < -0.39 is 23.3 Å². The van der Waals surface area contributed by atoms with Crippen molar-refractivity contribution in [2.75, 3.05) is 20.2 Å². The Hall–Kier alpha value is -3.57. The van der Waals surface area contributed by atoms with Crippen LogP contribution in [0.5, 0.6) is 5.75 Å². The molecule has 1 saturated heterocycles. The number of hydrogen-bond acceptors (Lipinski definition) is 6. The fraction of sp³-hybridized carbons (Fsp3) is 0.500. The van der Waals surface area contributed by atoms with Crippen LogP contribution in [-0.4, -0.2) is 47.8 Å². The fourth-order valence-corrected chi connectivity index (χ4v) is 6.07. The van der Waals surface area contributed by atoms with E-state index >= 15 is 0 Å². The molecule has 0 bridgehead atoms. The van der Waals surface area contributed by atoms with Gasteiger partial charge in [0.15, 0.2) is 0 Å². The van der Waals surface area contributed by atoms with Gasteiger partial charge in [-0.1, -0.05) is 48.5 Å². The van der Waals surface area contributed by atoms with Gasteiger partial charge in [-0.2, -0.15) is 5.26 Å². The van der Waals surface area contributed by atoms with Gasteiger partial charge in [0.2, 0.25) is 5.91 Å². The highest BCUT2D eigenvalue weighted by Gasteiger charge is 2.54. The minimum Gasteiger partial charge on any atom is -0.496 e. The third-order valence-corrected chi connectivity index (χ3v) is 7.60. The topological polar surface area (TPSA) is 112 Å². The number of hydrogen-bond donors (Lipinski definition) is 2. The number of benzene rings is 2. The van der Waals surface area contributed by atoms with Gasteiger partial charge in [-0.15, -0.1) is 0 Å². The molecule has 8 nitrogen and oxygen atoms in total. The molecule has 0 radical (unpaired) electrons. The van der Waals surface area contributed by atoms with Gasteiger partial charge in [-0.05, 0) is 57.1 Å². The van der Waals surface area contributed by atoms with Crippen molar-refractivity contribution in [3.8, 4) is 11.8 Å². The van der Waals surface area contributed by atoms with Crippen molar-refractivity contribution >= 4 is 12.0 Å². The number of rotatable bonds is 6. The van der Waals surface area contributed by atoms with Crippen molar-refractivity contribution in [2.45, 2.75) is 57.3 Å². The maximum atomic E-state index is 14.0. The SMILES string of the molecule is COc1ccccc1[C@]1(O)C[C@H](CC#N)C[C@H]2CN(C(=O)C(NC(=O)OC(C)(C)C)c3ccccc3)C[C@H]21. The Morgan fingerprint density at radius 1 is 1.16 bits per heavy atom. The van der Waals surface area contributed by atoms with Crippen LogP contribution in [0.2, 0.25) is 0 Å². The van der Waals surface area contributed by atoms with Crippen molar-refractivity contribution in [1.82, 2.24) is 10.2 Å². The van der Waals surface area contributed by atoms with Gasteiger partial charge in [0, 0.05) is 31.0 Å². The number of para-hydroxylation sites is 1. The van der Waals surface area contributed by atoms with Crippen LogP contribution in [0.25, 0.3) is 0 Å². The standard InChI is InChI=1S/C30H37N3O5/c1-29(2,3)38-28(35)32-26(21-10-6-5-7-11-21)27(34)33-18-22-16-20(14-15-31)17-30(36,24(22)19-33)23-12-8-9-13-25(23)37-4/h5-13,20,22,24,26,36H,14,16-19H2,1-4H3,(H,32,35)/t20-,22+,24-,26?,30-/m1/s1. The first kappa shape index (κ1) is 27.5. The second-order valence-corrected chi connectivity index (χ2v) is 11.4. The molecular weight excluding hydrogens is 482 g/mol. The van der Waals surface area contributed by atoms with Crippen LogP contribution in [0.15, 0.2) is 54.6 Å². The highest BCUT2D eigenvalue weighted by atomic mass is 16.6. The molecule has 5 atom stereocenters. The molecule has 1 heterocycles. The predicted octanol–water partition coefficient (Wildman–Crippen LogP) is 4.55. The van der Waals surface area contributed by atoms with Gasteiger partial charge in [-0.3, -0.25) is 4.79 Å².